The topological polar surface area (TPSA) is 49.8 Å². The molecule has 1 aromatic rings. The maximum Gasteiger partial charge on any atom is 0.412 e. The van der Waals surface area contributed by atoms with Gasteiger partial charge in [-0.1, -0.05) is 56.9 Å². The number of hydrogen-bond donors (Lipinski definition) is 1. The molecule has 0 radical (unpaired) electrons. The first-order valence-electron chi connectivity index (χ1n) is 8.47. The first-order valence-corrected chi connectivity index (χ1v) is 8.47. The van der Waals surface area contributed by atoms with Gasteiger partial charge in [-0.05, 0) is 24.8 Å². The van der Waals surface area contributed by atoms with Gasteiger partial charge in [-0.2, -0.15) is 0 Å². The summed E-state index contributed by atoms with van der Waals surface area (Å²) in [5.74, 6) is 0. The first kappa shape index (κ1) is 15.3. The van der Waals surface area contributed by atoms with Gasteiger partial charge < -0.3 is 9.84 Å². The summed E-state index contributed by atoms with van der Waals surface area (Å²) in [6.45, 7) is 2.13. The molecule has 1 amide bonds. The standard InChI is InChI=1S/C18H25NO3/c1-2-8-13-9-6-7-12-15(13)16-17(20)19(18(21)22-16)14-10-4-3-5-11-14/h6-7,9,12,14,16-17,20H,2-5,8,10-11H2,1H3. The predicted octanol–water partition coefficient (Wildman–Crippen LogP) is 3.78. The van der Waals surface area contributed by atoms with Crippen molar-refractivity contribution < 1.29 is 14.6 Å². The summed E-state index contributed by atoms with van der Waals surface area (Å²) < 4.78 is 5.55. The molecule has 3 rings (SSSR count). The molecule has 1 aliphatic carbocycles. The van der Waals surface area contributed by atoms with E-state index >= 15 is 0 Å². The molecule has 120 valence electrons. The molecule has 0 bridgehead atoms. The fraction of sp³-hybridized carbons (Fsp3) is 0.611. The zero-order valence-electron chi connectivity index (χ0n) is 13.2. The summed E-state index contributed by atoms with van der Waals surface area (Å²) in [4.78, 5) is 13.9. The van der Waals surface area contributed by atoms with Gasteiger partial charge in [0.15, 0.2) is 12.3 Å². The summed E-state index contributed by atoms with van der Waals surface area (Å²) in [6.07, 6.45) is 5.57. The number of ether oxygens (including phenoxy) is 1. The van der Waals surface area contributed by atoms with Crippen LogP contribution >= 0.6 is 0 Å². The van der Waals surface area contributed by atoms with E-state index in [1.807, 2.05) is 18.2 Å². The van der Waals surface area contributed by atoms with E-state index in [1.165, 1.54) is 6.42 Å². The molecule has 0 spiro atoms. The van der Waals surface area contributed by atoms with E-state index in [2.05, 4.69) is 13.0 Å². The molecule has 1 aliphatic heterocycles. The number of aliphatic hydroxyl groups excluding tert-OH is 1. The van der Waals surface area contributed by atoms with Crippen LogP contribution in [0.25, 0.3) is 0 Å². The van der Waals surface area contributed by atoms with Gasteiger partial charge in [0, 0.05) is 11.6 Å². The summed E-state index contributed by atoms with van der Waals surface area (Å²) in [5.41, 5.74) is 2.11. The summed E-state index contributed by atoms with van der Waals surface area (Å²) >= 11 is 0. The van der Waals surface area contributed by atoms with Crippen molar-refractivity contribution in [3.8, 4) is 0 Å². The lowest BCUT2D eigenvalue weighted by atomic mass is 9.93. The van der Waals surface area contributed by atoms with Gasteiger partial charge in [-0.25, -0.2) is 4.79 Å². The maximum absolute atomic E-state index is 12.3. The van der Waals surface area contributed by atoms with Gasteiger partial charge >= 0.3 is 6.09 Å². The van der Waals surface area contributed by atoms with E-state index in [-0.39, 0.29) is 12.1 Å². The smallest absolute Gasteiger partial charge is 0.412 e. The number of benzene rings is 1. The van der Waals surface area contributed by atoms with Crippen LogP contribution in [0.4, 0.5) is 4.79 Å². The van der Waals surface area contributed by atoms with Crippen LogP contribution in [-0.4, -0.2) is 28.4 Å². The van der Waals surface area contributed by atoms with Crippen molar-refractivity contribution in [1.29, 1.82) is 0 Å². The molecule has 0 aromatic heterocycles. The minimum Gasteiger partial charge on any atom is -0.436 e. The van der Waals surface area contributed by atoms with Crippen LogP contribution in [-0.2, 0) is 11.2 Å². The predicted molar refractivity (Wildman–Crippen MR) is 84.4 cm³/mol. The molecule has 1 saturated heterocycles. The van der Waals surface area contributed by atoms with Crippen LogP contribution in [0.15, 0.2) is 24.3 Å². The average Bonchev–Trinajstić information content (AvgIpc) is 2.84. The second-order valence-corrected chi connectivity index (χ2v) is 6.37. The summed E-state index contributed by atoms with van der Waals surface area (Å²) in [7, 11) is 0. The van der Waals surface area contributed by atoms with Crippen LogP contribution in [0.5, 0.6) is 0 Å². The third-order valence-corrected chi connectivity index (χ3v) is 4.84. The van der Waals surface area contributed by atoms with Gasteiger partial charge in [-0.3, -0.25) is 4.90 Å². The van der Waals surface area contributed by atoms with E-state index in [1.54, 1.807) is 4.90 Å². The number of rotatable bonds is 4. The lowest BCUT2D eigenvalue weighted by Gasteiger charge is -2.31. The Morgan fingerprint density at radius 1 is 1.23 bits per heavy atom. The molecule has 1 heterocycles. The molecule has 2 atom stereocenters. The highest BCUT2D eigenvalue weighted by atomic mass is 16.6. The Kier molecular flexibility index (Phi) is 4.67. The molecular weight excluding hydrogens is 278 g/mol. The van der Waals surface area contributed by atoms with Crippen LogP contribution in [0.2, 0.25) is 0 Å². The van der Waals surface area contributed by atoms with E-state index in [0.29, 0.717) is 0 Å². The van der Waals surface area contributed by atoms with Crippen LogP contribution in [0, 0.1) is 0 Å². The minimum atomic E-state index is -0.867. The Morgan fingerprint density at radius 2 is 1.95 bits per heavy atom. The monoisotopic (exact) mass is 303 g/mol. The fourth-order valence-corrected chi connectivity index (χ4v) is 3.74. The number of amides is 1. The second kappa shape index (κ2) is 6.69. The number of aryl methyl sites for hydroxylation is 1. The van der Waals surface area contributed by atoms with E-state index in [0.717, 1.165) is 49.7 Å². The molecule has 4 nitrogen and oxygen atoms in total. The van der Waals surface area contributed by atoms with E-state index in [9.17, 15) is 9.90 Å². The SMILES string of the molecule is CCCc1ccccc1C1OC(=O)N(C2CCCCC2)C1O. The van der Waals surface area contributed by atoms with E-state index < -0.39 is 12.3 Å². The van der Waals surface area contributed by atoms with Crippen LogP contribution in [0.3, 0.4) is 0 Å². The largest absolute Gasteiger partial charge is 0.436 e. The highest BCUT2D eigenvalue weighted by Gasteiger charge is 2.45. The fourth-order valence-electron chi connectivity index (χ4n) is 3.74. The lowest BCUT2D eigenvalue weighted by molar-refractivity contribution is -0.00875. The number of aliphatic hydroxyl groups is 1. The van der Waals surface area contributed by atoms with Crippen molar-refractivity contribution in [2.24, 2.45) is 0 Å². The maximum atomic E-state index is 12.3. The molecule has 2 unspecified atom stereocenters. The van der Waals surface area contributed by atoms with Gasteiger partial charge in [-0.15, -0.1) is 0 Å². The molecular formula is C18H25NO3. The minimum absolute atomic E-state index is 0.125. The second-order valence-electron chi connectivity index (χ2n) is 6.37. The molecule has 2 fully saturated rings. The average molecular weight is 303 g/mol. The quantitative estimate of drug-likeness (QED) is 0.921. The lowest BCUT2D eigenvalue weighted by Crippen LogP contribution is -2.43. The van der Waals surface area contributed by atoms with Crippen molar-refractivity contribution in [2.75, 3.05) is 0 Å². The Hall–Kier alpha value is -1.55. The third kappa shape index (κ3) is 2.84. The Morgan fingerprint density at radius 3 is 2.68 bits per heavy atom. The summed E-state index contributed by atoms with van der Waals surface area (Å²) in [5, 5.41) is 10.7. The number of carbonyl (C=O) groups excluding carboxylic acids is 1. The van der Waals surface area contributed by atoms with Crippen molar-refractivity contribution in [3.05, 3.63) is 35.4 Å². The van der Waals surface area contributed by atoms with Gasteiger partial charge in [0.05, 0.1) is 0 Å². The van der Waals surface area contributed by atoms with Gasteiger partial charge in [0.25, 0.3) is 0 Å². The molecule has 2 aliphatic rings. The van der Waals surface area contributed by atoms with Crippen molar-refractivity contribution in [2.45, 2.75) is 70.2 Å². The Balaban J connectivity index is 1.83. The van der Waals surface area contributed by atoms with Crippen molar-refractivity contribution in [1.82, 2.24) is 4.90 Å². The number of nitrogens with zero attached hydrogens (tertiary/aromatic N) is 1. The van der Waals surface area contributed by atoms with Crippen LogP contribution in [0.1, 0.15) is 62.7 Å². The van der Waals surface area contributed by atoms with E-state index in [4.69, 9.17) is 4.74 Å². The van der Waals surface area contributed by atoms with Gasteiger partial charge in [0.2, 0.25) is 0 Å². The first-order chi connectivity index (χ1) is 10.7. The molecule has 22 heavy (non-hydrogen) atoms. The number of hydrogen-bond acceptors (Lipinski definition) is 3. The highest BCUT2D eigenvalue weighted by Crippen LogP contribution is 2.37. The zero-order valence-corrected chi connectivity index (χ0v) is 13.2. The van der Waals surface area contributed by atoms with Crippen molar-refractivity contribution >= 4 is 6.09 Å². The Bertz CT molecular complexity index is 525. The number of cyclic esters (lactones) is 1. The third-order valence-electron chi connectivity index (χ3n) is 4.84. The number of carbonyl (C=O) groups is 1. The Labute approximate surface area is 132 Å². The van der Waals surface area contributed by atoms with Gasteiger partial charge in [0.1, 0.15) is 0 Å². The van der Waals surface area contributed by atoms with Crippen molar-refractivity contribution in [3.63, 3.8) is 0 Å². The molecule has 1 saturated carbocycles. The summed E-state index contributed by atoms with van der Waals surface area (Å²) in [6, 6.07) is 8.09. The zero-order chi connectivity index (χ0) is 15.5. The molecule has 1 N–H and O–H groups in total. The van der Waals surface area contributed by atoms with Crippen LogP contribution < -0.4 is 0 Å². The highest BCUT2D eigenvalue weighted by molar-refractivity contribution is 5.71. The normalized spacial score (nSPS) is 26.3. The molecule has 4 heteroatoms. The molecule has 1 aromatic carbocycles.